The molecular formula is C11H14O2. The summed E-state index contributed by atoms with van der Waals surface area (Å²) < 4.78 is 5.21. The van der Waals surface area contributed by atoms with E-state index in [1.807, 2.05) is 25.2 Å². The highest BCUT2D eigenvalue weighted by molar-refractivity contribution is 6.02. The van der Waals surface area contributed by atoms with Crippen LogP contribution in [0.4, 0.5) is 0 Å². The van der Waals surface area contributed by atoms with Crippen molar-refractivity contribution in [3.05, 3.63) is 36.1 Å². The van der Waals surface area contributed by atoms with Gasteiger partial charge >= 0.3 is 0 Å². The van der Waals surface area contributed by atoms with Crippen molar-refractivity contribution in [3.8, 4) is 0 Å². The van der Waals surface area contributed by atoms with Crippen LogP contribution in [0.25, 0.3) is 0 Å². The van der Waals surface area contributed by atoms with E-state index in [0.29, 0.717) is 12.4 Å². The lowest BCUT2D eigenvalue weighted by Crippen LogP contribution is -2.08. The van der Waals surface area contributed by atoms with Gasteiger partial charge < -0.3 is 4.74 Å². The monoisotopic (exact) mass is 178 g/mol. The molecule has 1 rings (SSSR count). The molecule has 0 atom stereocenters. The average Bonchev–Trinajstić information content (AvgIpc) is 2.19. The molecule has 2 heteroatoms. The summed E-state index contributed by atoms with van der Waals surface area (Å²) in [5.41, 5.74) is 0. The van der Waals surface area contributed by atoms with Crippen molar-refractivity contribution in [1.82, 2.24) is 0 Å². The Hall–Kier alpha value is -1.31. The fourth-order valence-electron chi connectivity index (χ4n) is 1.07. The number of hydrogen-bond acceptors (Lipinski definition) is 2. The molecule has 0 aliphatic carbocycles. The highest BCUT2D eigenvalue weighted by Crippen LogP contribution is 2.10. The van der Waals surface area contributed by atoms with Gasteiger partial charge in [0.1, 0.15) is 0 Å². The van der Waals surface area contributed by atoms with E-state index >= 15 is 0 Å². The summed E-state index contributed by atoms with van der Waals surface area (Å²) in [7, 11) is 0. The van der Waals surface area contributed by atoms with Crippen LogP contribution < -0.4 is 0 Å². The van der Waals surface area contributed by atoms with E-state index < -0.39 is 0 Å². The Morgan fingerprint density at radius 3 is 3.00 bits per heavy atom. The third kappa shape index (κ3) is 3.28. The quantitative estimate of drug-likeness (QED) is 0.490. The van der Waals surface area contributed by atoms with E-state index in [0.717, 1.165) is 12.8 Å². The lowest BCUT2D eigenvalue weighted by Gasteiger charge is -2.11. The first-order valence-electron chi connectivity index (χ1n) is 4.51. The lowest BCUT2D eigenvalue weighted by molar-refractivity contribution is -0.114. The number of carbonyl (C=O) groups excluding carboxylic acids is 1. The molecule has 1 aliphatic heterocycles. The van der Waals surface area contributed by atoms with E-state index in [1.165, 1.54) is 6.08 Å². The van der Waals surface area contributed by atoms with Crippen LogP contribution in [0.3, 0.4) is 0 Å². The van der Waals surface area contributed by atoms with Gasteiger partial charge in [0, 0.05) is 0 Å². The van der Waals surface area contributed by atoms with Gasteiger partial charge in [0.2, 0.25) is 5.78 Å². The second-order valence-electron chi connectivity index (χ2n) is 2.81. The molecule has 0 spiro atoms. The Balaban J connectivity index is 2.51. The number of ketones is 1. The molecule has 0 bridgehead atoms. The van der Waals surface area contributed by atoms with Gasteiger partial charge in [0.25, 0.3) is 0 Å². The summed E-state index contributed by atoms with van der Waals surface area (Å²) in [6, 6.07) is 0. The van der Waals surface area contributed by atoms with Crippen molar-refractivity contribution in [2.75, 3.05) is 6.61 Å². The Morgan fingerprint density at radius 2 is 2.38 bits per heavy atom. The molecule has 70 valence electrons. The Labute approximate surface area is 78.6 Å². The summed E-state index contributed by atoms with van der Waals surface area (Å²) in [6.07, 6.45) is 10.7. The van der Waals surface area contributed by atoms with Crippen molar-refractivity contribution < 1.29 is 9.53 Å². The van der Waals surface area contributed by atoms with E-state index in [9.17, 15) is 4.79 Å². The number of carbonyl (C=O) groups is 1. The van der Waals surface area contributed by atoms with Gasteiger partial charge in [-0.2, -0.15) is 0 Å². The van der Waals surface area contributed by atoms with Gasteiger partial charge in [-0.3, -0.25) is 4.79 Å². The van der Waals surface area contributed by atoms with Gasteiger partial charge in [-0.25, -0.2) is 0 Å². The smallest absolute Gasteiger partial charge is 0.220 e. The van der Waals surface area contributed by atoms with E-state index in [1.54, 1.807) is 6.08 Å². The Bertz CT molecular complexity index is 259. The van der Waals surface area contributed by atoms with E-state index in [4.69, 9.17) is 4.74 Å². The molecule has 1 aliphatic rings. The minimum absolute atomic E-state index is 0.0437. The van der Waals surface area contributed by atoms with Gasteiger partial charge in [0.05, 0.1) is 6.61 Å². The number of allylic oxidation sites excluding steroid dienone is 5. The zero-order valence-electron chi connectivity index (χ0n) is 7.82. The maximum atomic E-state index is 11.4. The van der Waals surface area contributed by atoms with Crippen LogP contribution in [0.1, 0.15) is 19.8 Å². The van der Waals surface area contributed by atoms with Crippen molar-refractivity contribution in [3.63, 3.8) is 0 Å². The second kappa shape index (κ2) is 5.36. The first-order chi connectivity index (χ1) is 6.34. The van der Waals surface area contributed by atoms with Crippen LogP contribution in [-0.2, 0) is 9.53 Å². The van der Waals surface area contributed by atoms with Gasteiger partial charge in [-0.15, -0.1) is 0 Å². The normalized spacial score (nSPS) is 17.5. The number of ether oxygens (including phenoxy) is 1. The van der Waals surface area contributed by atoms with E-state index in [-0.39, 0.29) is 5.78 Å². The molecule has 0 amide bonds. The fourth-order valence-corrected chi connectivity index (χ4v) is 1.07. The summed E-state index contributed by atoms with van der Waals surface area (Å²) in [5, 5.41) is 0. The average molecular weight is 178 g/mol. The fraction of sp³-hybridized carbons (Fsp3) is 0.364. The Kier molecular flexibility index (Phi) is 4.03. The zero-order chi connectivity index (χ0) is 9.52. The molecule has 0 unspecified atom stereocenters. The molecule has 0 N–H and O–H groups in total. The standard InChI is InChI=1S/C11H14O2/c1-2-3-4-7-10(12)11-8-5-6-9-13-11/h2-4,7-8H,5-6,9H2,1H3/b3-2+,7-4+. The molecule has 13 heavy (non-hydrogen) atoms. The first-order valence-corrected chi connectivity index (χ1v) is 4.51. The third-order valence-corrected chi connectivity index (χ3v) is 1.73. The summed E-state index contributed by atoms with van der Waals surface area (Å²) >= 11 is 0. The topological polar surface area (TPSA) is 26.3 Å². The first kappa shape index (κ1) is 9.78. The molecule has 0 aromatic heterocycles. The molecular weight excluding hydrogens is 164 g/mol. The Morgan fingerprint density at radius 1 is 1.54 bits per heavy atom. The molecule has 0 aromatic carbocycles. The van der Waals surface area contributed by atoms with Crippen molar-refractivity contribution in [2.45, 2.75) is 19.8 Å². The van der Waals surface area contributed by atoms with Crippen LogP contribution in [0.2, 0.25) is 0 Å². The molecule has 0 aromatic rings. The van der Waals surface area contributed by atoms with Crippen molar-refractivity contribution >= 4 is 5.78 Å². The highest BCUT2D eigenvalue weighted by Gasteiger charge is 2.09. The number of rotatable bonds is 3. The summed E-state index contributed by atoms with van der Waals surface area (Å²) in [6.45, 7) is 2.57. The van der Waals surface area contributed by atoms with Crippen molar-refractivity contribution in [1.29, 1.82) is 0 Å². The third-order valence-electron chi connectivity index (χ3n) is 1.73. The van der Waals surface area contributed by atoms with E-state index in [2.05, 4.69) is 0 Å². The van der Waals surface area contributed by atoms with Gasteiger partial charge in [0.15, 0.2) is 5.76 Å². The zero-order valence-corrected chi connectivity index (χ0v) is 7.82. The molecule has 0 saturated heterocycles. The maximum absolute atomic E-state index is 11.4. The van der Waals surface area contributed by atoms with Crippen LogP contribution in [-0.4, -0.2) is 12.4 Å². The minimum atomic E-state index is -0.0437. The minimum Gasteiger partial charge on any atom is -0.490 e. The van der Waals surface area contributed by atoms with Crippen LogP contribution >= 0.6 is 0 Å². The molecule has 0 fully saturated rings. The summed E-state index contributed by atoms with van der Waals surface area (Å²) in [5.74, 6) is 0.449. The van der Waals surface area contributed by atoms with Crippen molar-refractivity contribution in [2.24, 2.45) is 0 Å². The molecule has 1 heterocycles. The maximum Gasteiger partial charge on any atom is 0.220 e. The second-order valence-corrected chi connectivity index (χ2v) is 2.81. The lowest BCUT2D eigenvalue weighted by atomic mass is 10.2. The van der Waals surface area contributed by atoms with Crippen LogP contribution in [0, 0.1) is 0 Å². The predicted octanol–water partition coefficient (Wildman–Crippen LogP) is 2.38. The SMILES string of the molecule is C/C=C/C=C/C(=O)C1=CCCCO1. The van der Waals surface area contributed by atoms with Crippen LogP contribution in [0.5, 0.6) is 0 Å². The summed E-state index contributed by atoms with van der Waals surface area (Å²) in [4.78, 5) is 11.4. The van der Waals surface area contributed by atoms with Gasteiger partial charge in [-0.05, 0) is 31.9 Å². The van der Waals surface area contributed by atoms with Crippen LogP contribution in [0.15, 0.2) is 36.1 Å². The molecule has 0 radical (unpaired) electrons. The number of hydrogen-bond donors (Lipinski definition) is 0. The largest absolute Gasteiger partial charge is 0.490 e. The predicted molar refractivity (Wildman–Crippen MR) is 52.2 cm³/mol. The van der Waals surface area contributed by atoms with Gasteiger partial charge in [-0.1, -0.05) is 18.2 Å². The highest BCUT2D eigenvalue weighted by atomic mass is 16.5. The molecule has 2 nitrogen and oxygen atoms in total. The molecule has 0 saturated carbocycles.